The van der Waals surface area contributed by atoms with Gasteiger partial charge < -0.3 is 0 Å². The molecule has 0 spiro atoms. The minimum absolute atomic E-state index is 1.01. The summed E-state index contributed by atoms with van der Waals surface area (Å²) in [4.78, 5) is 5.40. The first-order valence-electron chi connectivity index (χ1n) is 7.74. The number of rotatable bonds is 0. The molecule has 0 aromatic rings. The van der Waals surface area contributed by atoms with Gasteiger partial charge in [0.05, 0.1) is 0 Å². The molecule has 2 saturated heterocycles. The fraction of sp³-hybridized carbons (Fsp3) is 0.867. The second-order valence-electron chi connectivity index (χ2n) is 7.44. The van der Waals surface area contributed by atoms with Gasteiger partial charge in [-0.15, -0.1) is 0 Å². The Labute approximate surface area is 112 Å². The van der Waals surface area contributed by atoms with Crippen LogP contribution in [0.15, 0.2) is 9.06 Å². The molecule has 0 aromatic carbocycles. The van der Waals surface area contributed by atoms with Gasteiger partial charge >= 0.3 is 112 Å². The summed E-state index contributed by atoms with van der Waals surface area (Å²) in [7, 11) is 0. The van der Waals surface area contributed by atoms with Crippen molar-refractivity contribution in [3.63, 3.8) is 0 Å². The molecule has 2 fully saturated rings. The Morgan fingerprint density at radius 1 is 1.06 bits per heavy atom. The van der Waals surface area contributed by atoms with Crippen molar-refractivity contribution in [3.8, 4) is 0 Å². The van der Waals surface area contributed by atoms with Gasteiger partial charge in [-0.05, 0) is 0 Å². The fourth-order valence-corrected chi connectivity index (χ4v) is 14.1. The second kappa shape index (κ2) is 4.32. The first kappa shape index (κ1) is 12.6. The number of hydrogen-bond acceptors (Lipinski definition) is 0. The monoisotopic (exact) mass is 338 g/mol. The molecular weight excluding hydrogens is 310 g/mol. The minimum atomic E-state index is -1.88. The molecule has 94 valence electrons. The third kappa shape index (κ3) is 1.78. The van der Waals surface area contributed by atoms with Crippen molar-refractivity contribution in [1.82, 2.24) is 0 Å². The average Bonchev–Trinajstić information content (AvgIpc) is 2.48. The van der Waals surface area contributed by atoms with Crippen LogP contribution in [0.2, 0.25) is 19.5 Å². The van der Waals surface area contributed by atoms with Crippen LogP contribution in [-0.2, 0) is 0 Å². The second-order valence-corrected chi connectivity index (χ2v) is 22.0. The molecule has 0 amide bonds. The van der Waals surface area contributed by atoms with Gasteiger partial charge in [0.2, 0.25) is 0 Å². The summed E-state index contributed by atoms with van der Waals surface area (Å²) >= 11 is -1.88. The SMILES string of the molecule is C[C]1=C2B(C3CCCC2CCC3)[CH](C)[Sn]1([CH3])[CH3]. The van der Waals surface area contributed by atoms with Crippen LogP contribution < -0.4 is 0 Å². The maximum atomic E-state index is 2.70. The van der Waals surface area contributed by atoms with E-state index in [1.807, 2.05) is 9.06 Å². The first-order valence-corrected chi connectivity index (χ1v) is 16.5. The van der Waals surface area contributed by atoms with Crippen molar-refractivity contribution in [3.05, 3.63) is 9.06 Å². The molecule has 1 unspecified atom stereocenters. The van der Waals surface area contributed by atoms with Crippen LogP contribution in [0.4, 0.5) is 0 Å². The van der Waals surface area contributed by atoms with Crippen molar-refractivity contribution in [2.75, 3.05) is 0 Å². The Bertz CT molecular complexity index is 348. The van der Waals surface area contributed by atoms with Crippen molar-refractivity contribution in [2.45, 2.75) is 71.9 Å². The van der Waals surface area contributed by atoms with Crippen molar-refractivity contribution < 1.29 is 0 Å². The first-order chi connectivity index (χ1) is 8.03. The van der Waals surface area contributed by atoms with E-state index in [0.717, 1.165) is 22.3 Å². The molecule has 3 aliphatic heterocycles. The third-order valence-electron chi connectivity index (χ3n) is 6.64. The molecule has 0 aliphatic carbocycles. The summed E-state index contributed by atoms with van der Waals surface area (Å²) in [6, 6.07) is 0. The zero-order valence-electron chi connectivity index (χ0n) is 12.1. The van der Waals surface area contributed by atoms with Crippen LogP contribution in [0.1, 0.15) is 52.4 Å². The van der Waals surface area contributed by atoms with E-state index in [2.05, 4.69) is 23.7 Å². The number of allylic oxidation sites excluding steroid dienone is 2. The van der Waals surface area contributed by atoms with Gasteiger partial charge in [0, 0.05) is 0 Å². The van der Waals surface area contributed by atoms with Gasteiger partial charge in [-0.3, -0.25) is 0 Å². The van der Waals surface area contributed by atoms with Gasteiger partial charge in [0.25, 0.3) is 0 Å². The predicted molar refractivity (Wildman–Crippen MR) is 80.3 cm³/mol. The molecule has 2 bridgehead atoms. The van der Waals surface area contributed by atoms with Crippen molar-refractivity contribution in [2.24, 2.45) is 5.92 Å². The predicted octanol–water partition coefficient (Wildman–Crippen LogP) is 4.88. The van der Waals surface area contributed by atoms with Gasteiger partial charge in [-0.1, -0.05) is 0 Å². The third-order valence-corrected chi connectivity index (χ3v) is 20.5. The molecule has 0 radical (unpaired) electrons. The van der Waals surface area contributed by atoms with Crippen LogP contribution >= 0.6 is 0 Å². The zero-order chi connectivity index (χ0) is 12.2. The van der Waals surface area contributed by atoms with E-state index in [9.17, 15) is 0 Å². The molecule has 3 aliphatic rings. The Balaban J connectivity index is 2.11. The van der Waals surface area contributed by atoms with Crippen LogP contribution in [0, 0.1) is 5.92 Å². The van der Waals surface area contributed by atoms with Gasteiger partial charge in [0.1, 0.15) is 0 Å². The van der Waals surface area contributed by atoms with E-state index in [4.69, 9.17) is 0 Å². The topological polar surface area (TPSA) is 0 Å². The van der Waals surface area contributed by atoms with Crippen molar-refractivity contribution >= 4 is 25.1 Å². The summed E-state index contributed by atoms with van der Waals surface area (Å²) in [5, 5.41) is 0. The normalized spacial score (nSPS) is 40.2. The average molecular weight is 337 g/mol. The quantitative estimate of drug-likeness (QED) is 0.553. The molecule has 0 aromatic heterocycles. The summed E-state index contributed by atoms with van der Waals surface area (Å²) < 4.78 is 3.07. The molecule has 1 atom stereocenters. The van der Waals surface area contributed by atoms with Crippen LogP contribution in [0.3, 0.4) is 0 Å². The Hall–Kier alpha value is 0.604. The molecule has 3 rings (SSSR count). The van der Waals surface area contributed by atoms with Gasteiger partial charge in [0.15, 0.2) is 0 Å². The van der Waals surface area contributed by atoms with E-state index < -0.39 is 18.4 Å². The van der Waals surface area contributed by atoms with Gasteiger partial charge in [-0.2, -0.15) is 0 Å². The molecule has 2 heteroatoms. The summed E-state index contributed by atoms with van der Waals surface area (Å²) in [5.41, 5.74) is 2.03. The summed E-state index contributed by atoms with van der Waals surface area (Å²) in [6.45, 7) is 6.20. The van der Waals surface area contributed by atoms with Crippen molar-refractivity contribution in [1.29, 1.82) is 0 Å². The zero-order valence-corrected chi connectivity index (χ0v) is 14.9. The number of hydrogen-bond donors (Lipinski definition) is 0. The molecule has 17 heavy (non-hydrogen) atoms. The van der Waals surface area contributed by atoms with E-state index in [-0.39, 0.29) is 0 Å². The standard InChI is InChI=1S/C13H21B.2CH3.Sn/c1-3-13-11-7-5-9-12(10-6-8-11)14(13)4-2;;;/h4,11-12H,5-10H2,1-2H3;2*1H3;. The molecule has 0 N–H and O–H groups in total. The van der Waals surface area contributed by atoms with Crippen LogP contribution in [0.5, 0.6) is 0 Å². The molecule has 3 heterocycles. The molecule has 0 saturated carbocycles. The van der Waals surface area contributed by atoms with E-state index >= 15 is 0 Å². The summed E-state index contributed by atoms with van der Waals surface area (Å²) in [6.07, 6.45) is 9.17. The fourth-order valence-electron chi connectivity index (χ4n) is 5.13. The summed E-state index contributed by atoms with van der Waals surface area (Å²) in [5.74, 6) is 2.08. The van der Waals surface area contributed by atoms with E-state index in [1.165, 1.54) is 25.7 Å². The van der Waals surface area contributed by atoms with E-state index in [0.29, 0.717) is 0 Å². The maximum absolute atomic E-state index is 2.70. The Morgan fingerprint density at radius 3 is 2.24 bits per heavy atom. The van der Waals surface area contributed by atoms with Gasteiger partial charge in [-0.25, -0.2) is 0 Å². The van der Waals surface area contributed by atoms with Crippen LogP contribution in [0.25, 0.3) is 0 Å². The molecular formula is C15H27BSn. The molecule has 0 nitrogen and oxygen atoms in total. The van der Waals surface area contributed by atoms with Crippen LogP contribution in [-0.4, -0.2) is 25.1 Å². The van der Waals surface area contributed by atoms with E-state index in [1.54, 1.807) is 12.8 Å². The Kier molecular flexibility index (Phi) is 3.21. The Morgan fingerprint density at radius 2 is 1.65 bits per heavy atom.